The molecule has 2 heteroatoms. The van der Waals surface area contributed by atoms with E-state index >= 15 is 0 Å². The molecule has 1 unspecified atom stereocenters. The van der Waals surface area contributed by atoms with Gasteiger partial charge in [-0.2, -0.15) is 0 Å². The lowest BCUT2D eigenvalue weighted by Crippen LogP contribution is -2.19. The van der Waals surface area contributed by atoms with Crippen molar-refractivity contribution in [3.8, 4) is 0 Å². The number of rotatable bonds is 3. The number of likely N-dealkylation sites (N-methyl/N-ethyl adjacent to an activating group) is 1. The van der Waals surface area contributed by atoms with Crippen LogP contribution < -0.4 is 10.7 Å². The van der Waals surface area contributed by atoms with Gasteiger partial charge in [0.05, 0.1) is 0 Å². The summed E-state index contributed by atoms with van der Waals surface area (Å²) in [5.41, 5.74) is 0.993. The molecule has 1 aromatic carbocycles. The third kappa shape index (κ3) is 2.67. The summed E-state index contributed by atoms with van der Waals surface area (Å²) in [4.78, 5) is 11.5. The van der Waals surface area contributed by atoms with Gasteiger partial charge in [-0.1, -0.05) is 31.2 Å². The van der Waals surface area contributed by atoms with Crippen LogP contribution in [-0.4, -0.2) is 13.6 Å². The van der Waals surface area contributed by atoms with Crippen LogP contribution in [0.4, 0.5) is 0 Å². The molecule has 1 rings (SSSR count). The monoisotopic (exact) mass is 177 g/mol. The summed E-state index contributed by atoms with van der Waals surface area (Å²) in [5.74, 6) is 0.268. The van der Waals surface area contributed by atoms with E-state index in [4.69, 9.17) is 0 Å². The topological polar surface area (TPSA) is 29.1 Å². The van der Waals surface area contributed by atoms with E-state index in [0.717, 1.165) is 12.1 Å². The van der Waals surface area contributed by atoms with Crippen LogP contribution in [0.5, 0.6) is 0 Å². The fraction of sp³-hybridized carbons (Fsp3) is 0.364. The minimum absolute atomic E-state index is 0.118. The summed E-state index contributed by atoms with van der Waals surface area (Å²) < 4.78 is 0. The van der Waals surface area contributed by atoms with Crippen molar-refractivity contribution in [1.29, 1.82) is 0 Å². The van der Waals surface area contributed by atoms with Crippen molar-refractivity contribution in [1.82, 2.24) is 5.32 Å². The van der Waals surface area contributed by atoms with Crippen molar-refractivity contribution in [2.45, 2.75) is 12.8 Å². The van der Waals surface area contributed by atoms with Gasteiger partial charge in [-0.15, -0.1) is 0 Å². The van der Waals surface area contributed by atoms with Crippen LogP contribution in [-0.2, 0) is 0 Å². The highest BCUT2D eigenvalue weighted by Crippen LogP contribution is 2.07. The Balaban J connectivity index is 3.02. The van der Waals surface area contributed by atoms with Crippen LogP contribution >= 0.6 is 0 Å². The molecule has 0 amide bonds. The Labute approximate surface area is 78.6 Å². The number of hydrogen-bond acceptors (Lipinski definition) is 2. The lowest BCUT2D eigenvalue weighted by molar-refractivity contribution is 0.675. The smallest absolute Gasteiger partial charge is 0.182 e. The summed E-state index contributed by atoms with van der Waals surface area (Å²) in [6, 6.07) is 9.06. The maximum atomic E-state index is 11.5. The average molecular weight is 177 g/mol. The molecule has 0 heterocycles. The highest BCUT2D eigenvalue weighted by atomic mass is 16.1. The molecule has 0 saturated heterocycles. The lowest BCUT2D eigenvalue weighted by atomic mass is 10.0. The van der Waals surface area contributed by atoms with Crippen LogP contribution in [0.2, 0.25) is 0 Å². The van der Waals surface area contributed by atoms with Crippen LogP contribution in [0, 0.1) is 0 Å². The van der Waals surface area contributed by atoms with Crippen molar-refractivity contribution in [2.24, 2.45) is 0 Å². The summed E-state index contributed by atoms with van der Waals surface area (Å²) in [6.45, 7) is 2.88. The predicted octanol–water partition coefficient (Wildman–Crippen LogP) is 1.37. The van der Waals surface area contributed by atoms with Crippen LogP contribution in [0.25, 0.3) is 0 Å². The van der Waals surface area contributed by atoms with Crippen molar-refractivity contribution < 1.29 is 0 Å². The first-order chi connectivity index (χ1) is 6.25. The van der Waals surface area contributed by atoms with E-state index in [9.17, 15) is 4.79 Å². The maximum Gasteiger partial charge on any atom is 0.182 e. The van der Waals surface area contributed by atoms with Gasteiger partial charge < -0.3 is 5.32 Å². The Bertz CT molecular complexity index is 322. The first-order valence-electron chi connectivity index (χ1n) is 4.49. The molecule has 0 bridgehead atoms. The van der Waals surface area contributed by atoms with E-state index in [1.165, 1.54) is 0 Å². The van der Waals surface area contributed by atoms with E-state index < -0.39 is 0 Å². The molecular weight excluding hydrogens is 162 g/mol. The molecule has 0 aliphatic heterocycles. The van der Waals surface area contributed by atoms with Gasteiger partial charge in [0, 0.05) is 12.1 Å². The fourth-order valence-electron chi connectivity index (χ4n) is 1.37. The Kier molecular flexibility index (Phi) is 3.65. The van der Waals surface area contributed by atoms with Gasteiger partial charge in [-0.25, -0.2) is 0 Å². The standard InChI is InChI=1S/C11H15NO/c1-9(8-12-2)10-6-4-3-5-7-11(10)13/h3-7,9,12H,8H2,1-2H3. The Morgan fingerprint density at radius 3 is 2.69 bits per heavy atom. The molecular formula is C11H15NO. The molecule has 0 fully saturated rings. The fourth-order valence-corrected chi connectivity index (χ4v) is 1.37. The van der Waals surface area contributed by atoms with Crippen LogP contribution in [0.1, 0.15) is 18.4 Å². The van der Waals surface area contributed by atoms with E-state index in [-0.39, 0.29) is 11.3 Å². The third-order valence-electron chi connectivity index (χ3n) is 2.07. The second-order valence-corrected chi connectivity index (χ2v) is 3.19. The summed E-state index contributed by atoms with van der Waals surface area (Å²) >= 11 is 0. The molecule has 1 atom stereocenters. The predicted molar refractivity (Wildman–Crippen MR) is 55.1 cm³/mol. The number of nitrogens with one attached hydrogen (secondary N) is 1. The molecule has 1 N–H and O–H groups in total. The maximum absolute atomic E-state index is 11.5. The van der Waals surface area contributed by atoms with Crippen molar-refractivity contribution >= 4 is 0 Å². The van der Waals surface area contributed by atoms with Gasteiger partial charge in [-0.3, -0.25) is 4.79 Å². The van der Waals surface area contributed by atoms with Crippen LogP contribution in [0.3, 0.4) is 0 Å². The quantitative estimate of drug-likeness (QED) is 0.755. The van der Waals surface area contributed by atoms with E-state index in [1.54, 1.807) is 12.1 Å². The van der Waals surface area contributed by atoms with Gasteiger partial charge in [-0.05, 0) is 19.0 Å². The van der Waals surface area contributed by atoms with Gasteiger partial charge in [0.15, 0.2) is 5.43 Å². The second-order valence-electron chi connectivity index (χ2n) is 3.19. The van der Waals surface area contributed by atoms with Crippen molar-refractivity contribution in [2.75, 3.05) is 13.6 Å². The SMILES string of the molecule is CNCC(C)c1cccccc1=O. The zero-order valence-electron chi connectivity index (χ0n) is 8.08. The molecule has 70 valence electrons. The Hall–Kier alpha value is -1.15. The first kappa shape index (κ1) is 9.93. The molecule has 0 aliphatic carbocycles. The van der Waals surface area contributed by atoms with Gasteiger partial charge in [0.2, 0.25) is 0 Å². The van der Waals surface area contributed by atoms with Crippen molar-refractivity contribution in [3.05, 3.63) is 46.1 Å². The molecule has 2 nitrogen and oxygen atoms in total. The van der Waals surface area contributed by atoms with Gasteiger partial charge in [0.1, 0.15) is 0 Å². The minimum atomic E-state index is 0.118. The minimum Gasteiger partial charge on any atom is -0.319 e. The summed E-state index contributed by atoms with van der Waals surface area (Å²) in [5, 5.41) is 3.06. The largest absolute Gasteiger partial charge is 0.319 e. The Morgan fingerprint density at radius 2 is 2.00 bits per heavy atom. The normalized spacial score (nSPS) is 12.5. The van der Waals surface area contributed by atoms with E-state index in [2.05, 4.69) is 5.32 Å². The average Bonchev–Trinajstić information content (AvgIpc) is 2.30. The summed E-state index contributed by atoms with van der Waals surface area (Å²) in [6.07, 6.45) is 0. The van der Waals surface area contributed by atoms with Gasteiger partial charge in [0.25, 0.3) is 0 Å². The molecule has 13 heavy (non-hydrogen) atoms. The highest BCUT2D eigenvalue weighted by molar-refractivity contribution is 5.18. The zero-order chi connectivity index (χ0) is 9.68. The molecule has 1 aromatic rings. The molecule has 0 radical (unpaired) electrons. The highest BCUT2D eigenvalue weighted by Gasteiger charge is 2.05. The molecule has 0 aliphatic rings. The molecule has 0 spiro atoms. The lowest BCUT2D eigenvalue weighted by Gasteiger charge is -2.07. The van der Waals surface area contributed by atoms with Crippen molar-refractivity contribution in [3.63, 3.8) is 0 Å². The van der Waals surface area contributed by atoms with Gasteiger partial charge >= 0.3 is 0 Å². The second kappa shape index (κ2) is 4.77. The number of hydrogen-bond donors (Lipinski definition) is 1. The molecule has 0 aromatic heterocycles. The van der Waals surface area contributed by atoms with Crippen LogP contribution in [0.15, 0.2) is 35.1 Å². The first-order valence-corrected chi connectivity index (χ1v) is 4.49. The summed E-state index contributed by atoms with van der Waals surface area (Å²) in [7, 11) is 1.89. The molecule has 0 saturated carbocycles. The van der Waals surface area contributed by atoms with E-state index in [1.807, 2.05) is 32.2 Å². The van der Waals surface area contributed by atoms with E-state index in [0.29, 0.717) is 0 Å². The Morgan fingerprint density at radius 1 is 1.31 bits per heavy atom. The zero-order valence-corrected chi connectivity index (χ0v) is 8.08. The third-order valence-corrected chi connectivity index (χ3v) is 2.07.